The third-order valence-corrected chi connectivity index (χ3v) is 8.00. The molecule has 188 valence electrons. The molecule has 1 aliphatic carbocycles. The molecule has 3 rings (SSSR count). The van der Waals surface area contributed by atoms with Gasteiger partial charge in [0, 0.05) is 36.1 Å². The Kier molecular flexibility index (Phi) is 9.03. The SMILES string of the molecule is COC1C(OC(=O)NC(=O)CCl)CCC(O)(CSc2ccncc2)C1C1(C)OC1CC=C(C)C. The highest BCUT2D eigenvalue weighted by molar-refractivity contribution is 7.99. The summed E-state index contributed by atoms with van der Waals surface area (Å²) in [7, 11) is 1.54. The van der Waals surface area contributed by atoms with Gasteiger partial charge >= 0.3 is 6.09 Å². The third kappa shape index (κ3) is 6.31. The lowest BCUT2D eigenvalue weighted by molar-refractivity contribution is -0.170. The van der Waals surface area contributed by atoms with Crippen LogP contribution in [0.4, 0.5) is 4.79 Å². The van der Waals surface area contributed by atoms with E-state index in [1.165, 1.54) is 24.4 Å². The molecule has 0 spiro atoms. The quantitative estimate of drug-likeness (QED) is 0.223. The Balaban J connectivity index is 1.84. The number of aromatic nitrogens is 1. The molecule has 2 fully saturated rings. The molecule has 2 N–H and O–H groups in total. The van der Waals surface area contributed by atoms with Crippen molar-refractivity contribution >= 4 is 35.4 Å². The van der Waals surface area contributed by atoms with Crippen molar-refractivity contribution in [2.75, 3.05) is 18.7 Å². The highest BCUT2D eigenvalue weighted by Crippen LogP contribution is 2.55. The Labute approximate surface area is 209 Å². The standard InChI is InChI=1S/C24H33ClN2O6S/c1-15(2)5-6-18-23(3,33-18)21-20(31-4)17(32-22(29)27-19(28)13-25)7-10-24(21,30)14-34-16-8-11-26-12-9-16/h5,8-9,11-12,17-18,20-21,30H,6-7,10,13-14H2,1-4H3,(H,27,28,29). The number of epoxide rings is 1. The third-order valence-electron chi connectivity index (χ3n) is 6.50. The molecule has 6 atom stereocenters. The number of thioether (sulfide) groups is 1. The number of hydrogen-bond donors (Lipinski definition) is 2. The van der Waals surface area contributed by atoms with Gasteiger partial charge in [-0.05, 0) is 52.2 Å². The van der Waals surface area contributed by atoms with E-state index in [-0.39, 0.29) is 12.0 Å². The number of allylic oxidation sites excluding steroid dienone is 1. The summed E-state index contributed by atoms with van der Waals surface area (Å²) in [4.78, 5) is 28.8. The van der Waals surface area contributed by atoms with Crippen LogP contribution in [0.3, 0.4) is 0 Å². The number of nitrogens with zero attached hydrogens (tertiary/aromatic N) is 1. The largest absolute Gasteiger partial charge is 0.443 e. The number of methoxy groups -OCH3 is 1. The summed E-state index contributed by atoms with van der Waals surface area (Å²) in [6.07, 6.45) is 4.77. The van der Waals surface area contributed by atoms with E-state index < -0.39 is 41.3 Å². The van der Waals surface area contributed by atoms with Gasteiger partial charge in [0.15, 0.2) is 0 Å². The van der Waals surface area contributed by atoms with Crippen molar-refractivity contribution in [3.63, 3.8) is 0 Å². The van der Waals surface area contributed by atoms with E-state index in [0.29, 0.717) is 18.6 Å². The van der Waals surface area contributed by atoms with Crippen LogP contribution >= 0.6 is 23.4 Å². The second-order valence-corrected chi connectivity index (χ2v) is 10.5. The molecule has 2 amide bonds. The number of carbonyl (C=O) groups excluding carboxylic acids is 2. The van der Waals surface area contributed by atoms with Crippen LogP contribution in [-0.4, -0.2) is 70.3 Å². The summed E-state index contributed by atoms with van der Waals surface area (Å²) < 4.78 is 17.6. The van der Waals surface area contributed by atoms with Crippen LogP contribution in [0.15, 0.2) is 41.1 Å². The minimum atomic E-state index is -1.13. The lowest BCUT2D eigenvalue weighted by atomic mass is 9.66. The number of pyridine rings is 1. The minimum absolute atomic E-state index is 0.0899. The van der Waals surface area contributed by atoms with Crippen molar-refractivity contribution < 1.29 is 28.9 Å². The molecule has 10 heteroatoms. The van der Waals surface area contributed by atoms with Gasteiger partial charge in [0.1, 0.15) is 23.7 Å². The number of alkyl carbamates (subject to hydrolysis) is 1. The molecule has 2 aliphatic rings. The molecule has 0 bridgehead atoms. The van der Waals surface area contributed by atoms with Gasteiger partial charge in [-0.2, -0.15) is 0 Å². The highest BCUT2D eigenvalue weighted by Gasteiger charge is 2.67. The fraction of sp³-hybridized carbons (Fsp3) is 0.625. The van der Waals surface area contributed by atoms with Gasteiger partial charge < -0.3 is 19.3 Å². The van der Waals surface area contributed by atoms with Crippen LogP contribution in [-0.2, 0) is 19.0 Å². The number of aliphatic hydroxyl groups is 1. The maximum atomic E-state index is 12.2. The van der Waals surface area contributed by atoms with Crippen LogP contribution in [0.25, 0.3) is 0 Å². The number of carbonyl (C=O) groups is 2. The monoisotopic (exact) mass is 512 g/mol. The molecule has 6 unspecified atom stereocenters. The molecular weight excluding hydrogens is 480 g/mol. The number of halogens is 1. The number of rotatable bonds is 9. The second kappa shape index (κ2) is 11.4. The van der Waals surface area contributed by atoms with E-state index in [4.69, 9.17) is 25.8 Å². The van der Waals surface area contributed by atoms with Gasteiger partial charge in [0.2, 0.25) is 5.91 Å². The van der Waals surface area contributed by atoms with Gasteiger partial charge in [-0.1, -0.05) is 11.6 Å². The number of ether oxygens (including phenoxy) is 3. The zero-order valence-corrected chi connectivity index (χ0v) is 21.5. The van der Waals surface area contributed by atoms with E-state index in [9.17, 15) is 14.7 Å². The number of hydrogen-bond acceptors (Lipinski definition) is 8. The molecule has 1 saturated carbocycles. The van der Waals surface area contributed by atoms with E-state index in [0.717, 1.165) is 11.3 Å². The summed E-state index contributed by atoms with van der Waals surface area (Å²) in [6.45, 7) is 6.05. The van der Waals surface area contributed by atoms with E-state index in [2.05, 4.69) is 16.4 Å². The molecule has 1 aromatic heterocycles. The van der Waals surface area contributed by atoms with Gasteiger partial charge in [-0.3, -0.25) is 15.1 Å². The summed E-state index contributed by atoms with van der Waals surface area (Å²) in [5.41, 5.74) is -0.606. The Hall–Kier alpha value is -1.65. The zero-order chi connectivity index (χ0) is 24.9. The van der Waals surface area contributed by atoms with Gasteiger partial charge in [0.25, 0.3) is 0 Å². The number of nitrogens with one attached hydrogen (secondary N) is 1. The van der Waals surface area contributed by atoms with Crippen molar-refractivity contribution in [1.82, 2.24) is 10.3 Å². The molecule has 0 aromatic carbocycles. The van der Waals surface area contributed by atoms with Crippen molar-refractivity contribution in [2.45, 2.75) is 74.4 Å². The van der Waals surface area contributed by atoms with E-state index in [1.54, 1.807) is 12.4 Å². The normalized spacial score (nSPS) is 32.5. The molecule has 1 aromatic rings. The van der Waals surface area contributed by atoms with Crippen molar-refractivity contribution in [2.24, 2.45) is 5.92 Å². The maximum absolute atomic E-state index is 12.2. The van der Waals surface area contributed by atoms with Crippen LogP contribution in [0.1, 0.15) is 40.0 Å². The predicted molar refractivity (Wildman–Crippen MR) is 130 cm³/mol. The lowest BCUT2D eigenvalue weighted by Gasteiger charge is -2.48. The fourth-order valence-electron chi connectivity index (χ4n) is 4.80. The lowest BCUT2D eigenvalue weighted by Crippen LogP contribution is -2.61. The summed E-state index contributed by atoms with van der Waals surface area (Å²) >= 11 is 7.01. The van der Waals surface area contributed by atoms with Crippen LogP contribution in [0.5, 0.6) is 0 Å². The molecule has 2 heterocycles. The molecular formula is C24H33ClN2O6S. The first-order valence-electron chi connectivity index (χ1n) is 11.3. The predicted octanol–water partition coefficient (Wildman–Crippen LogP) is 3.70. The first-order valence-corrected chi connectivity index (χ1v) is 12.8. The average molecular weight is 513 g/mol. The van der Waals surface area contributed by atoms with Gasteiger partial charge in [-0.15, -0.1) is 23.4 Å². The average Bonchev–Trinajstić information content (AvgIpc) is 3.48. The van der Waals surface area contributed by atoms with Crippen LogP contribution in [0, 0.1) is 5.92 Å². The van der Waals surface area contributed by atoms with Crippen molar-refractivity contribution in [1.29, 1.82) is 0 Å². The smallest absolute Gasteiger partial charge is 0.414 e. The molecule has 1 aliphatic heterocycles. The number of alkyl halides is 1. The Morgan fingerprint density at radius 2 is 2.09 bits per heavy atom. The van der Waals surface area contributed by atoms with Crippen LogP contribution in [0.2, 0.25) is 0 Å². The summed E-state index contributed by atoms with van der Waals surface area (Å²) in [5, 5.41) is 14.1. The fourth-order valence-corrected chi connectivity index (χ4v) is 5.92. The van der Waals surface area contributed by atoms with Gasteiger partial charge in [0.05, 0.1) is 11.7 Å². The topological polar surface area (TPSA) is 110 Å². The Bertz CT molecular complexity index is 899. The molecule has 1 saturated heterocycles. The summed E-state index contributed by atoms with van der Waals surface area (Å²) in [5.74, 6) is -1.04. The van der Waals surface area contributed by atoms with Gasteiger partial charge in [-0.25, -0.2) is 4.79 Å². The molecule has 0 radical (unpaired) electrons. The maximum Gasteiger partial charge on any atom is 0.414 e. The number of imide groups is 1. The molecule has 8 nitrogen and oxygen atoms in total. The Morgan fingerprint density at radius 1 is 1.38 bits per heavy atom. The zero-order valence-electron chi connectivity index (χ0n) is 20.0. The van der Waals surface area contributed by atoms with Crippen molar-refractivity contribution in [3.8, 4) is 0 Å². The Morgan fingerprint density at radius 3 is 2.71 bits per heavy atom. The second-order valence-electron chi connectivity index (χ2n) is 9.22. The molecule has 34 heavy (non-hydrogen) atoms. The first-order chi connectivity index (χ1) is 16.1. The minimum Gasteiger partial charge on any atom is -0.443 e. The van der Waals surface area contributed by atoms with Crippen LogP contribution < -0.4 is 5.32 Å². The summed E-state index contributed by atoms with van der Waals surface area (Å²) in [6, 6.07) is 3.80. The van der Waals surface area contributed by atoms with E-state index in [1.807, 2.05) is 32.9 Å². The van der Waals surface area contributed by atoms with Crippen molar-refractivity contribution in [3.05, 3.63) is 36.2 Å². The first kappa shape index (κ1) is 26.9. The highest BCUT2D eigenvalue weighted by atomic mass is 35.5. The van der Waals surface area contributed by atoms with E-state index >= 15 is 0 Å². The number of amides is 2.